The Labute approximate surface area is 90.8 Å². The van der Waals surface area contributed by atoms with Crippen LogP contribution in [0.1, 0.15) is 19.9 Å². The van der Waals surface area contributed by atoms with Crippen molar-refractivity contribution in [2.45, 2.75) is 26.0 Å². The van der Waals surface area contributed by atoms with Crippen LogP contribution in [0.2, 0.25) is 0 Å². The molecule has 0 amide bonds. The van der Waals surface area contributed by atoms with Crippen LogP contribution in [0.3, 0.4) is 0 Å². The summed E-state index contributed by atoms with van der Waals surface area (Å²) in [4.78, 5) is 1.96. The Bertz CT molecular complexity index is 321. The fourth-order valence-corrected chi connectivity index (χ4v) is 1.53. The Hall–Kier alpha value is -1.23. The second-order valence-corrected chi connectivity index (χ2v) is 3.94. The molecule has 5 heteroatoms. The molecule has 15 heavy (non-hydrogen) atoms. The van der Waals surface area contributed by atoms with Gasteiger partial charge in [-0.2, -0.15) is 5.10 Å². The molecule has 0 radical (unpaired) electrons. The number of hydrogen-bond acceptors (Lipinski definition) is 4. The van der Waals surface area contributed by atoms with Gasteiger partial charge in [0.05, 0.1) is 24.0 Å². The quantitative estimate of drug-likeness (QED) is 0.812. The molecule has 0 saturated heterocycles. The van der Waals surface area contributed by atoms with Gasteiger partial charge in [0.15, 0.2) is 0 Å². The van der Waals surface area contributed by atoms with E-state index in [9.17, 15) is 0 Å². The lowest BCUT2D eigenvalue weighted by Crippen LogP contribution is -2.25. The monoisotopic (exact) mass is 212 g/mol. The average molecular weight is 212 g/mol. The smallest absolute Gasteiger partial charge is 0.150 e. The molecule has 1 aromatic heterocycles. The molecule has 5 nitrogen and oxygen atoms in total. The van der Waals surface area contributed by atoms with E-state index in [-0.39, 0.29) is 12.1 Å². The number of aromatic nitrogens is 2. The maximum absolute atomic E-state index is 5.86. The van der Waals surface area contributed by atoms with Gasteiger partial charge < -0.3 is 15.4 Å². The zero-order chi connectivity index (χ0) is 11.6. The molecule has 1 aromatic rings. The Morgan fingerprint density at radius 1 is 1.47 bits per heavy atom. The molecule has 0 fully saturated rings. The van der Waals surface area contributed by atoms with Gasteiger partial charge in [-0.25, -0.2) is 4.68 Å². The van der Waals surface area contributed by atoms with Crippen LogP contribution < -0.4 is 10.6 Å². The second-order valence-electron chi connectivity index (χ2n) is 3.94. The lowest BCUT2D eigenvalue weighted by molar-refractivity contribution is 0.0738. The van der Waals surface area contributed by atoms with Crippen LogP contribution >= 0.6 is 0 Å². The molecule has 0 aliphatic carbocycles. The van der Waals surface area contributed by atoms with Gasteiger partial charge in [-0.3, -0.25) is 0 Å². The summed E-state index contributed by atoms with van der Waals surface area (Å²) >= 11 is 0. The molecule has 0 aromatic carbocycles. The predicted octanol–water partition coefficient (Wildman–Crippen LogP) is 1.13. The van der Waals surface area contributed by atoms with E-state index in [1.807, 2.05) is 30.6 Å². The number of ether oxygens (including phenoxy) is 1. The first-order valence-corrected chi connectivity index (χ1v) is 5.02. The van der Waals surface area contributed by atoms with E-state index < -0.39 is 0 Å². The van der Waals surface area contributed by atoms with E-state index in [1.165, 1.54) is 0 Å². The summed E-state index contributed by atoms with van der Waals surface area (Å²) in [6, 6.07) is 0.157. The van der Waals surface area contributed by atoms with Crippen LogP contribution in [0.5, 0.6) is 0 Å². The zero-order valence-electron chi connectivity index (χ0n) is 10.1. The summed E-state index contributed by atoms with van der Waals surface area (Å²) < 4.78 is 7.18. The van der Waals surface area contributed by atoms with Gasteiger partial charge in [-0.05, 0) is 13.8 Å². The topological polar surface area (TPSA) is 56.3 Å². The summed E-state index contributed by atoms with van der Waals surface area (Å²) in [6.45, 7) is 4.08. The normalized spacial score (nSPS) is 15.0. The Morgan fingerprint density at radius 3 is 2.53 bits per heavy atom. The minimum absolute atomic E-state index is 0.1000. The fraction of sp³-hybridized carbons (Fsp3) is 0.700. The van der Waals surface area contributed by atoms with Crippen molar-refractivity contribution in [2.24, 2.45) is 0 Å². The highest BCUT2D eigenvalue weighted by Gasteiger charge is 2.19. The Morgan fingerprint density at radius 2 is 2.07 bits per heavy atom. The van der Waals surface area contributed by atoms with Crippen LogP contribution in [-0.4, -0.2) is 37.1 Å². The van der Waals surface area contributed by atoms with E-state index in [0.29, 0.717) is 5.69 Å². The van der Waals surface area contributed by atoms with E-state index in [2.05, 4.69) is 12.0 Å². The first-order valence-electron chi connectivity index (χ1n) is 5.02. The first-order chi connectivity index (χ1) is 6.99. The molecule has 0 saturated carbocycles. The average Bonchev–Trinajstić information content (AvgIpc) is 2.57. The lowest BCUT2D eigenvalue weighted by atomic mass is 10.2. The molecule has 86 valence electrons. The van der Waals surface area contributed by atoms with Crippen LogP contribution in [0.15, 0.2) is 6.20 Å². The molecular weight excluding hydrogens is 192 g/mol. The van der Waals surface area contributed by atoms with E-state index in [4.69, 9.17) is 10.5 Å². The largest absolute Gasteiger partial charge is 0.394 e. The van der Waals surface area contributed by atoms with Gasteiger partial charge in [0, 0.05) is 21.2 Å². The van der Waals surface area contributed by atoms with Gasteiger partial charge in [0.1, 0.15) is 5.82 Å². The molecule has 2 unspecified atom stereocenters. The summed E-state index contributed by atoms with van der Waals surface area (Å²) in [5, 5.41) is 4.28. The third-order valence-electron chi connectivity index (χ3n) is 2.66. The van der Waals surface area contributed by atoms with Crippen molar-refractivity contribution in [1.82, 2.24) is 9.78 Å². The van der Waals surface area contributed by atoms with Crippen molar-refractivity contribution < 1.29 is 4.74 Å². The zero-order valence-corrected chi connectivity index (χ0v) is 10.1. The summed E-state index contributed by atoms with van der Waals surface area (Å²) in [5.41, 5.74) is 6.55. The predicted molar refractivity (Wildman–Crippen MR) is 62.1 cm³/mol. The molecule has 2 N–H and O–H groups in total. The second kappa shape index (κ2) is 4.53. The van der Waals surface area contributed by atoms with Gasteiger partial charge in [-0.1, -0.05) is 0 Å². The SMILES string of the molecule is COC(C)C(C)n1ncc(N)c1N(C)C. The summed E-state index contributed by atoms with van der Waals surface area (Å²) in [7, 11) is 5.60. The number of hydrogen-bond donors (Lipinski definition) is 1. The van der Waals surface area contributed by atoms with Crippen LogP contribution in [-0.2, 0) is 4.74 Å². The van der Waals surface area contributed by atoms with Crippen LogP contribution in [0.25, 0.3) is 0 Å². The maximum atomic E-state index is 5.86. The Kier molecular flexibility index (Phi) is 3.57. The summed E-state index contributed by atoms with van der Waals surface area (Å²) in [5.74, 6) is 0.923. The molecule has 0 aliphatic rings. The van der Waals surface area contributed by atoms with E-state index in [1.54, 1.807) is 13.3 Å². The van der Waals surface area contributed by atoms with Crippen molar-refractivity contribution in [1.29, 1.82) is 0 Å². The number of nitrogen functional groups attached to an aromatic ring is 1. The molecule has 1 heterocycles. The highest BCUT2D eigenvalue weighted by atomic mass is 16.5. The highest BCUT2D eigenvalue weighted by Crippen LogP contribution is 2.26. The standard InChI is InChI=1S/C10H20N4O/c1-7(8(2)15-5)14-10(13(3)4)9(11)6-12-14/h6-8H,11H2,1-5H3. The number of anilines is 2. The minimum Gasteiger partial charge on any atom is -0.394 e. The molecule has 0 aliphatic heterocycles. The van der Waals surface area contributed by atoms with Gasteiger partial charge in [0.2, 0.25) is 0 Å². The van der Waals surface area contributed by atoms with Crippen molar-refractivity contribution in [2.75, 3.05) is 31.8 Å². The summed E-state index contributed by atoms with van der Waals surface area (Å²) in [6.07, 6.45) is 1.77. The van der Waals surface area contributed by atoms with Gasteiger partial charge in [-0.15, -0.1) is 0 Å². The van der Waals surface area contributed by atoms with Crippen molar-refractivity contribution in [3.05, 3.63) is 6.20 Å². The molecule has 1 rings (SSSR count). The number of rotatable bonds is 4. The van der Waals surface area contributed by atoms with Crippen LogP contribution in [0.4, 0.5) is 11.5 Å². The van der Waals surface area contributed by atoms with Crippen molar-refractivity contribution in [3.63, 3.8) is 0 Å². The number of methoxy groups -OCH3 is 1. The van der Waals surface area contributed by atoms with Crippen molar-refractivity contribution in [3.8, 4) is 0 Å². The Balaban J connectivity index is 3.03. The molecule has 2 atom stereocenters. The highest BCUT2D eigenvalue weighted by molar-refractivity contribution is 5.61. The maximum Gasteiger partial charge on any atom is 0.150 e. The minimum atomic E-state index is 0.1000. The van der Waals surface area contributed by atoms with Gasteiger partial charge in [0.25, 0.3) is 0 Å². The van der Waals surface area contributed by atoms with Crippen molar-refractivity contribution >= 4 is 11.5 Å². The third-order valence-corrected chi connectivity index (χ3v) is 2.66. The third kappa shape index (κ3) is 2.23. The molecule has 0 bridgehead atoms. The molecule has 0 spiro atoms. The lowest BCUT2D eigenvalue weighted by Gasteiger charge is -2.24. The molecular formula is C10H20N4O. The van der Waals surface area contributed by atoms with E-state index in [0.717, 1.165) is 5.82 Å². The van der Waals surface area contributed by atoms with Crippen LogP contribution in [0, 0.1) is 0 Å². The van der Waals surface area contributed by atoms with Gasteiger partial charge >= 0.3 is 0 Å². The first kappa shape index (κ1) is 11.8. The fourth-order valence-electron chi connectivity index (χ4n) is 1.53. The number of nitrogens with zero attached hydrogens (tertiary/aromatic N) is 3. The van der Waals surface area contributed by atoms with E-state index >= 15 is 0 Å². The number of nitrogens with two attached hydrogens (primary N) is 1.